The Bertz CT molecular complexity index is 565. The number of aliphatic carboxylic acids is 2. The molecule has 4 N–H and O–H groups in total. The molecule has 129 valence electrons. The molecule has 0 saturated heterocycles. The van der Waals surface area contributed by atoms with E-state index in [9.17, 15) is 29.4 Å². The van der Waals surface area contributed by atoms with Crippen LogP contribution in [0.1, 0.15) is 19.3 Å². The van der Waals surface area contributed by atoms with Crippen LogP contribution in [0.25, 0.3) is 0 Å². The fourth-order valence-electron chi connectivity index (χ4n) is 1.02. The third kappa shape index (κ3) is 8.35. The molecule has 0 amide bonds. The average molecular weight is 410 g/mol. The van der Waals surface area contributed by atoms with E-state index < -0.39 is 23.5 Å². The monoisotopic (exact) mass is 409 g/mol. The van der Waals surface area contributed by atoms with E-state index in [2.05, 4.69) is 0 Å². The van der Waals surface area contributed by atoms with Crippen molar-refractivity contribution in [3.8, 4) is 0 Å². The summed E-state index contributed by atoms with van der Waals surface area (Å²) in [5.41, 5.74) is 0. The molecule has 1 radical (unpaired) electrons. The van der Waals surface area contributed by atoms with Crippen molar-refractivity contribution in [1.82, 2.24) is 0 Å². The van der Waals surface area contributed by atoms with Gasteiger partial charge in [-0.25, -0.2) is 0 Å². The number of hydrogen-bond acceptors (Lipinski definition) is 8. The summed E-state index contributed by atoms with van der Waals surface area (Å²) in [4.78, 5) is 41.4. The molecule has 2 heterocycles. The Labute approximate surface area is 148 Å². The van der Waals surface area contributed by atoms with Gasteiger partial charge in [0.05, 0.1) is 9.75 Å². The van der Waals surface area contributed by atoms with Crippen LogP contribution in [0.5, 0.6) is 0 Å². The molecule has 2 rings (SSSR count). The second-order valence-electron chi connectivity index (χ2n) is 3.19. The summed E-state index contributed by atoms with van der Waals surface area (Å²) in [6.07, 6.45) is 0. The van der Waals surface area contributed by atoms with Gasteiger partial charge in [-0.05, 0) is 22.9 Å². The number of thiophene rings is 2. The van der Waals surface area contributed by atoms with Crippen molar-refractivity contribution in [3.05, 3.63) is 44.8 Å². The van der Waals surface area contributed by atoms with Crippen molar-refractivity contribution in [3.63, 3.8) is 0 Å². The van der Waals surface area contributed by atoms with Gasteiger partial charge in [-0.3, -0.25) is 9.59 Å². The van der Waals surface area contributed by atoms with Crippen LogP contribution in [-0.4, -0.2) is 34.5 Å². The number of carboxylic acid groups (broad SMARTS) is 2. The Morgan fingerprint density at radius 1 is 0.739 bits per heavy atom. The van der Waals surface area contributed by atoms with E-state index in [1.807, 2.05) is 0 Å². The fourth-order valence-corrected chi connectivity index (χ4v) is 2.32. The standard InChI is InChI=1S/2C6H4O3S.Cu.2H2O/c2*7-5(6(8)9)4-2-1-3-10-4;;;/h2*1-3H,(H,8,9);;2*1H2/q;;+2;;/p-2. The predicted octanol–water partition coefficient (Wildman–Crippen LogP) is -2.29. The van der Waals surface area contributed by atoms with Gasteiger partial charge >= 0.3 is 17.1 Å². The van der Waals surface area contributed by atoms with Gasteiger partial charge in [0.2, 0.25) is 11.6 Å². The van der Waals surface area contributed by atoms with Crippen molar-refractivity contribution in [1.29, 1.82) is 0 Å². The maximum Gasteiger partial charge on any atom is 2.00 e. The number of rotatable bonds is 4. The van der Waals surface area contributed by atoms with Gasteiger partial charge in [0.25, 0.3) is 0 Å². The molecule has 8 nitrogen and oxygen atoms in total. The molecular weight excluding hydrogens is 400 g/mol. The van der Waals surface area contributed by atoms with Crippen LogP contribution in [0, 0.1) is 0 Å². The largest absolute Gasteiger partial charge is 2.00 e. The first-order valence-electron chi connectivity index (χ1n) is 5.02. The maximum absolute atomic E-state index is 10.6. The molecule has 2 aromatic heterocycles. The normalized spacial score (nSPS) is 8.00. The van der Waals surface area contributed by atoms with Crippen LogP contribution in [-0.2, 0) is 26.7 Å². The van der Waals surface area contributed by atoms with Gasteiger partial charge in [0.15, 0.2) is 0 Å². The smallest absolute Gasteiger partial charge is 0.541 e. The number of carbonyl (C=O) groups excluding carboxylic acids is 4. The van der Waals surface area contributed by atoms with E-state index in [0.29, 0.717) is 0 Å². The zero-order valence-corrected chi connectivity index (χ0v) is 13.6. The molecule has 0 fully saturated rings. The molecule has 11 heteroatoms. The Hall–Kier alpha value is -1.88. The Balaban J connectivity index is -0.000000308. The molecule has 0 spiro atoms. The molecule has 0 aliphatic carbocycles. The van der Waals surface area contributed by atoms with Gasteiger partial charge in [-0.15, -0.1) is 22.7 Å². The van der Waals surface area contributed by atoms with Crippen LogP contribution in [0.15, 0.2) is 35.0 Å². The number of Topliss-reactive ketones (excluding diaryl/α,β-unsaturated/α-hetero) is 2. The summed E-state index contributed by atoms with van der Waals surface area (Å²) in [5, 5.41) is 23.2. The number of ketones is 2. The summed E-state index contributed by atoms with van der Waals surface area (Å²) >= 11 is 2.18. The van der Waals surface area contributed by atoms with Gasteiger partial charge in [-0.2, -0.15) is 0 Å². The molecule has 0 atom stereocenters. The van der Waals surface area contributed by atoms with Crippen molar-refractivity contribution >= 4 is 46.2 Å². The molecule has 2 aromatic rings. The van der Waals surface area contributed by atoms with Crippen LogP contribution in [0.4, 0.5) is 0 Å². The molecule has 0 aromatic carbocycles. The second-order valence-corrected chi connectivity index (χ2v) is 5.08. The van der Waals surface area contributed by atoms with E-state index in [0.717, 1.165) is 22.7 Å². The molecule has 23 heavy (non-hydrogen) atoms. The Morgan fingerprint density at radius 2 is 1.04 bits per heavy atom. The van der Waals surface area contributed by atoms with E-state index in [4.69, 9.17) is 0 Å². The first-order valence-corrected chi connectivity index (χ1v) is 6.77. The minimum absolute atomic E-state index is 0. The van der Waals surface area contributed by atoms with Crippen LogP contribution >= 0.6 is 22.7 Å². The molecule has 0 bridgehead atoms. The van der Waals surface area contributed by atoms with Gasteiger partial charge < -0.3 is 30.8 Å². The molecule has 0 unspecified atom stereocenters. The van der Waals surface area contributed by atoms with Crippen molar-refractivity contribution in [2.24, 2.45) is 0 Å². The first kappa shape index (κ1) is 26.0. The van der Waals surface area contributed by atoms with Crippen LogP contribution in [0.3, 0.4) is 0 Å². The quantitative estimate of drug-likeness (QED) is 0.311. The minimum atomic E-state index is -1.65. The molecule has 0 aliphatic rings. The SMILES string of the molecule is O.O.O=C([O-])C(=O)c1cccs1.O=C([O-])C(=O)c1cccs1.[Cu+2]. The number of carbonyl (C=O) groups is 4. The minimum Gasteiger partial charge on any atom is -0.541 e. The summed E-state index contributed by atoms with van der Waals surface area (Å²) in [5.74, 6) is -5.20. The predicted molar refractivity (Wildman–Crippen MR) is 74.5 cm³/mol. The summed E-state index contributed by atoms with van der Waals surface area (Å²) in [6.45, 7) is 0. The number of carboxylic acids is 2. The Kier molecular flexibility index (Phi) is 14.3. The van der Waals surface area contributed by atoms with Gasteiger partial charge in [0, 0.05) is 0 Å². The maximum atomic E-state index is 10.6. The van der Waals surface area contributed by atoms with E-state index in [1.165, 1.54) is 12.1 Å². The van der Waals surface area contributed by atoms with Crippen molar-refractivity contribution < 1.29 is 57.4 Å². The van der Waals surface area contributed by atoms with Crippen molar-refractivity contribution in [2.45, 2.75) is 0 Å². The average Bonchev–Trinajstić information content (AvgIpc) is 3.10. The van der Waals surface area contributed by atoms with Gasteiger partial charge in [-0.1, -0.05) is 12.1 Å². The van der Waals surface area contributed by atoms with Crippen molar-refractivity contribution in [2.75, 3.05) is 0 Å². The zero-order valence-electron chi connectivity index (χ0n) is 11.0. The number of hydrogen-bond donors (Lipinski definition) is 0. The third-order valence-corrected chi connectivity index (χ3v) is 3.60. The zero-order chi connectivity index (χ0) is 15.1. The van der Waals surface area contributed by atoms with Gasteiger partial charge in [0.1, 0.15) is 11.9 Å². The summed E-state index contributed by atoms with van der Waals surface area (Å²) in [6, 6.07) is 6.12. The van der Waals surface area contributed by atoms with Crippen LogP contribution in [0.2, 0.25) is 0 Å². The Morgan fingerprint density at radius 3 is 1.22 bits per heavy atom. The molecular formula is C12H10CuO8S2. The van der Waals surface area contributed by atoms with E-state index >= 15 is 0 Å². The van der Waals surface area contributed by atoms with Crippen LogP contribution < -0.4 is 10.2 Å². The third-order valence-electron chi connectivity index (χ3n) is 1.86. The second kappa shape index (κ2) is 12.6. The van der Waals surface area contributed by atoms with E-state index in [1.54, 1.807) is 22.9 Å². The first-order chi connectivity index (χ1) is 9.43. The molecule has 0 saturated carbocycles. The van der Waals surface area contributed by atoms with E-state index in [-0.39, 0.29) is 37.8 Å². The summed E-state index contributed by atoms with van der Waals surface area (Å²) < 4.78 is 0. The molecule has 0 aliphatic heterocycles. The summed E-state index contributed by atoms with van der Waals surface area (Å²) in [7, 11) is 0. The fraction of sp³-hybridized carbons (Fsp3) is 0. The topological polar surface area (TPSA) is 177 Å².